The normalized spacial score (nSPS) is 10.9. The lowest BCUT2D eigenvalue weighted by molar-refractivity contribution is 0.0593. The van der Waals surface area contributed by atoms with Crippen LogP contribution in [-0.2, 0) is 4.74 Å². The van der Waals surface area contributed by atoms with Crippen LogP contribution in [0.5, 0.6) is 0 Å². The van der Waals surface area contributed by atoms with Gasteiger partial charge < -0.3 is 9.72 Å². The number of benzene rings is 2. The number of nitrogens with zero attached hydrogens (tertiary/aromatic N) is 3. The lowest BCUT2D eigenvalue weighted by atomic mass is 10.2. The molecule has 24 heavy (non-hydrogen) atoms. The number of carbonyl (C=O) groups excluding carboxylic acids is 1. The van der Waals surface area contributed by atoms with Crippen LogP contribution in [0.3, 0.4) is 0 Å². The highest BCUT2D eigenvalue weighted by Crippen LogP contribution is 2.21. The van der Waals surface area contributed by atoms with E-state index in [-0.39, 0.29) is 5.69 Å². The van der Waals surface area contributed by atoms with Crippen molar-refractivity contribution in [3.05, 3.63) is 66.5 Å². The van der Waals surface area contributed by atoms with Gasteiger partial charge in [0.15, 0.2) is 5.69 Å². The molecule has 6 heteroatoms. The monoisotopic (exact) mass is 318 g/mol. The third-order valence-electron chi connectivity index (χ3n) is 3.78. The zero-order valence-electron chi connectivity index (χ0n) is 12.9. The number of carbonyl (C=O) groups is 1. The molecule has 2 aromatic heterocycles. The number of para-hydroxylation sites is 2. The number of imidazole rings is 1. The van der Waals surface area contributed by atoms with Crippen LogP contribution >= 0.6 is 0 Å². The highest BCUT2D eigenvalue weighted by atomic mass is 16.5. The molecule has 4 rings (SSSR count). The van der Waals surface area contributed by atoms with Crippen LogP contribution < -0.4 is 0 Å². The van der Waals surface area contributed by atoms with Gasteiger partial charge in [-0.05, 0) is 42.5 Å². The SMILES string of the molecule is COC(=O)c1ccn(-c2ccc(-c3nc4ccccc4[nH]3)cc2)n1. The molecule has 0 amide bonds. The summed E-state index contributed by atoms with van der Waals surface area (Å²) >= 11 is 0. The zero-order valence-corrected chi connectivity index (χ0v) is 12.9. The van der Waals surface area contributed by atoms with Crippen molar-refractivity contribution < 1.29 is 9.53 Å². The van der Waals surface area contributed by atoms with Crippen LogP contribution in [0, 0.1) is 0 Å². The van der Waals surface area contributed by atoms with Crippen LogP contribution in [0.1, 0.15) is 10.5 Å². The van der Waals surface area contributed by atoms with Gasteiger partial charge in [-0.3, -0.25) is 0 Å². The number of rotatable bonds is 3. The second kappa shape index (κ2) is 5.66. The second-order valence-electron chi connectivity index (χ2n) is 5.29. The van der Waals surface area contributed by atoms with E-state index < -0.39 is 5.97 Å². The summed E-state index contributed by atoms with van der Waals surface area (Å²) in [7, 11) is 1.34. The molecule has 0 aliphatic carbocycles. The van der Waals surface area contributed by atoms with Gasteiger partial charge in [0.1, 0.15) is 5.82 Å². The maximum absolute atomic E-state index is 11.5. The molecular formula is C18H14N4O2. The molecule has 1 N–H and O–H groups in total. The van der Waals surface area contributed by atoms with E-state index >= 15 is 0 Å². The smallest absolute Gasteiger partial charge is 0.358 e. The van der Waals surface area contributed by atoms with Gasteiger partial charge in [0.05, 0.1) is 23.8 Å². The number of esters is 1. The standard InChI is InChI=1S/C18H14N4O2/c1-24-18(23)16-10-11-22(21-16)13-8-6-12(7-9-13)17-19-14-4-2-3-5-15(14)20-17/h2-11H,1H3,(H,19,20). The molecule has 0 bridgehead atoms. The average Bonchev–Trinajstić information content (AvgIpc) is 3.28. The average molecular weight is 318 g/mol. The Labute approximate surface area is 137 Å². The Bertz CT molecular complexity index is 982. The fourth-order valence-electron chi connectivity index (χ4n) is 2.54. The number of aromatic amines is 1. The number of hydrogen-bond donors (Lipinski definition) is 1. The number of hydrogen-bond acceptors (Lipinski definition) is 4. The fraction of sp³-hybridized carbons (Fsp3) is 0.0556. The van der Waals surface area contributed by atoms with Gasteiger partial charge in [0, 0.05) is 11.8 Å². The summed E-state index contributed by atoms with van der Waals surface area (Å²) < 4.78 is 6.30. The Morgan fingerprint density at radius 2 is 1.88 bits per heavy atom. The van der Waals surface area contributed by atoms with Crippen LogP contribution in [0.2, 0.25) is 0 Å². The van der Waals surface area contributed by atoms with Crippen molar-refractivity contribution in [3.8, 4) is 17.1 Å². The van der Waals surface area contributed by atoms with Crippen LogP contribution in [-0.4, -0.2) is 32.8 Å². The molecule has 0 saturated heterocycles. The highest BCUT2D eigenvalue weighted by Gasteiger charge is 2.10. The zero-order chi connectivity index (χ0) is 16.5. The number of aromatic nitrogens is 4. The molecule has 6 nitrogen and oxygen atoms in total. The van der Waals surface area contributed by atoms with E-state index in [1.54, 1.807) is 16.9 Å². The summed E-state index contributed by atoms with van der Waals surface area (Å²) in [6, 6.07) is 17.3. The number of fused-ring (bicyclic) bond motifs is 1. The lowest BCUT2D eigenvalue weighted by Gasteiger charge is -2.02. The van der Waals surface area contributed by atoms with Crippen molar-refractivity contribution in [2.75, 3.05) is 7.11 Å². The van der Waals surface area contributed by atoms with E-state index in [2.05, 4.69) is 19.8 Å². The number of H-pyrrole nitrogens is 1. The van der Waals surface area contributed by atoms with Gasteiger partial charge >= 0.3 is 5.97 Å². The van der Waals surface area contributed by atoms with E-state index in [0.717, 1.165) is 28.1 Å². The number of methoxy groups -OCH3 is 1. The Morgan fingerprint density at radius 1 is 1.08 bits per heavy atom. The Balaban J connectivity index is 1.64. The first-order chi connectivity index (χ1) is 11.7. The number of ether oxygens (including phenoxy) is 1. The van der Waals surface area contributed by atoms with Crippen molar-refractivity contribution in [3.63, 3.8) is 0 Å². The molecule has 118 valence electrons. The highest BCUT2D eigenvalue weighted by molar-refractivity contribution is 5.87. The molecular weight excluding hydrogens is 304 g/mol. The first-order valence-corrected chi connectivity index (χ1v) is 7.44. The van der Waals surface area contributed by atoms with E-state index in [0.29, 0.717) is 0 Å². The topological polar surface area (TPSA) is 72.8 Å². The first-order valence-electron chi connectivity index (χ1n) is 7.44. The molecule has 0 saturated carbocycles. The van der Waals surface area contributed by atoms with E-state index in [4.69, 9.17) is 0 Å². The Kier molecular flexibility index (Phi) is 3.35. The summed E-state index contributed by atoms with van der Waals surface area (Å²) in [5, 5.41) is 4.21. The molecule has 0 radical (unpaired) electrons. The van der Waals surface area contributed by atoms with Crippen molar-refractivity contribution in [2.45, 2.75) is 0 Å². The Hall–Kier alpha value is -3.41. The third-order valence-corrected chi connectivity index (χ3v) is 3.78. The molecule has 2 heterocycles. The minimum absolute atomic E-state index is 0.277. The molecule has 2 aromatic carbocycles. The molecule has 0 fully saturated rings. The second-order valence-corrected chi connectivity index (χ2v) is 5.29. The fourth-order valence-corrected chi connectivity index (χ4v) is 2.54. The third kappa shape index (κ3) is 2.44. The summed E-state index contributed by atoms with van der Waals surface area (Å²) in [6.07, 6.45) is 1.72. The summed E-state index contributed by atoms with van der Waals surface area (Å²) in [4.78, 5) is 19.4. The first kappa shape index (κ1) is 14.2. The molecule has 0 aliphatic heterocycles. The van der Waals surface area contributed by atoms with Gasteiger partial charge in [-0.15, -0.1) is 0 Å². The van der Waals surface area contributed by atoms with Crippen LogP contribution in [0.15, 0.2) is 60.8 Å². The molecule has 0 atom stereocenters. The van der Waals surface area contributed by atoms with Gasteiger partial charge in [-0.25, -0.2) is 14.5 Å². The van der Waals surface area contributed by atoms with Gasteiger partial charge in [0.25, 0.3) is 0 Å². The van der Waals surface area contributed by atoms with Gasteiger partial charge in [-0.1, -0.05) is 12.1 Å². The number of nitrogens with one attached hydrogen (secondary N) is 1. The quantitative estimate of drug-likeness (QED) is 0.589. The maximum Gasteiger partial charge on any atom is 0.358 e. The van der Waals surface area contributed by atoms with E-state index in [9.17, 15) is 4.79 Å². The lowest BCUT2D eigenvalue weighted by Crippen LogP contribution is -2.03. The predicted octanol–water partition coefficient (Wildman–Crippen LogP) is 3.20. The minimum atomic E-state index is -0.451. The van der Waals surface area contributed by atoms with Crippen molar-refractivity contribution in [1.29, 1.82) is 0 Å². The summed E-state index contributed by atoms with van der Waals surface area (Å²) in [5.74, 6) is 0.367. The Morgan fingerprint density at radius 3 is 2.62 bits per heavy atom. The van der Waals surface area contributed by atoms with E-state index in [1.165, 1.54) is 7.11 Å². The van der Waals surface area contributed by atoms with E-state index in [1.807, 2.05) is 48.5 Å². The van der Waals surface area contributed by atoms with Crippen LogP contribution in [0.4, 0.5) is 0 Å². The van der Waals surface area contributed by atoms with Gasteiger partial charge in [-0.2, -0.15) is 5.10 Å². The minimum Gasteiger partial charge on any atom is -0.464 e. The maximum atomic E-state index is 11.5. The van der Waals surface area contributed by atoms with Crippen molar-refractivity contribution >= 4 is 17.0 Å². The summed E-state index contributed by atoms with van der Waals surface area (Å²) in [6.45, 7) is 0. The van der Waals surface area contributed by atoms with Crippen molar-refractivity contribution in [2.24, 2.45) is 0 Å². The van der Waals surface area contributed by atoms with Gasteiger partial charge in [0.2, 0.25) is 0 Å². The van der Waals surface area contributed by atoms with Crippen molar-refractivity contribution in [1.82, 2.24) is 19.7 Å². The molecule has 4 aromatic rings. The van der Waals surface area contributed by atoms with Crippen LogP contribution in [0.25, 0.3) is 28.1 Å². The molecule has 0 spiro atoms. The summed E-state index contributed by atoms with van der Waals surface area (Å²) in [5.41, 5.74) is 4.05. The molecule has 0 aliphatic rings. The largest absolute Gasteiger partial charge is 0.464 e. The predicted molar refractivity (Wildman–Crippen MR) is 90.0 cm³/mol. The molecule has 0 unspecified atom stereocenters.